The molecule has 5 nitrogen and oxygen atoms in total. The van der Waals surface area contributed by atoms with Crippen molar-refractivity contribution in [1.29, 1.82) is 0 Å². The van der Waals surface area contributed by atoms with Crippen LogP contribution in [0.25, 0.3) is 0 Å². The molecule has 1 aromatic rings. The van der Waals surface area contributed by atoms with E-state index in [-0.39, 0.29) is 17.5 Å². The molecule has 0 radical (unpaired) electrons. The molecule has 0 atom stereocenters. The predicted octanol–water partition coefficient (Wildman–Crippen LogP) is 2.20. The van der Waals surface area contributed by atoms with E-state index in [1.807, 2.05) is 0 Å². The highest BCUT2D eigenvalue weighted by atomic mass is 32.2. The molecular weight excluding hydrogens is 288 g/mol. The summed E-state index contributed by atoms with van der Waals surface area (Å²) < 4.78 is 32.8. The standard InChI is InChI=1S/C15H24N2O3S/c1-12-7-8-13(16)11-15(12)21(18,19)17-9-10-20-14-5-3-2-4-6-14/h7-8,11,14,17H,2-6,9-10,16H2,1H3. The van der Waals surface area contributed by atoms with Gasteiger partial charge >= 0.3 is 0 Å². The van der Waals surface area contributed by atoms with Gasteiger partial charge in [0, 0.05) is 12.2 Å². The minimum Gasteiger partial charge on any atom is -0.399 e. The van der Waals surface area contributed by atoms with Crippen LogP contribution >= 0.6 is 0 Å². The average molecular weight is 312 g/mol. The monoisotopic (exact) mass is 312 g/mol. The van der Waals surface area contributed by atoms with Crippen LogP contribution in [-0.2, 0) is 14.8 Å². The van der Waals surface area contributed by atoms with Crippen molar-refractivity contribution in [3.63, 3.8) is 0 Å². The number of rotatable bonds is 6. The Bertz CT molecular complexity index is 566. The van der Waals surface area contributed by atoms with Gasteiger partial charge < -0.3 is 10.5 Å². The van der Waals surface area contributed by atoms with Crippen LogP contribution in [0.5, 0.6) is 0 Å². The minimum atomic E-state index is -3.53. The number of nitrogens with one attached hydrogen (secondary N) is 1. The van der Waals surface area contributed by atoms with Crippen LogP contribution in [0, 0.1) is 6.92 Å². The number of nitrogen functional groups attached to an aromatic ring is 1. The van der Waals surface area contributed by atoms with E-state index in [2.05, 4.69) is 4.72 Å². The first-order valence-corrected chi connectivity index (χ1v) is 8.95. The maximum Gasteiger partial charge on any atom is 0.240 e. The lowest BCUT2D eigenvalue weighted by Gasteiger charge is -2.22. The summed E-state index contributed by atoms with van der Waals surface area (Å²) in [6, 6.07) is 4.89. The van der Waals surface area contributed by atoms with E-state index in [9.17, 15) is 8.42 Å². The molecule has 3 N–H and O–H groups in total. The van der Waals surface area contributed by atoms with Crippen molar-refractivity contribution in [3.8, 4) is 0 Å². The van der Waals surface area contributed by atoms with Crippen LogP contribution in [-0.4, -0.2) is 27.7 Å². The molecule has 0 amide bonds. The lowest BCUT2D eigenvalue weighted by atomic mass is 9.98. The first-order valence-electron chi connectivity index (χ1n) is 7.46. The van der Waals surface area contributed by atoms with Gasteiger partial charge in [-0.25, -0.2) is 13.1 Å². The summed E-state index contributed by atoms with van der Waals surface area (Å²) in [5, 5.41) is 0. The van der Waals surface area contributed by atoms with E-state index in [0.717, 1.165) is 12.8 Å². The molecule has 6 heteroatoms. The number of sulfonamides is 1. The molecule has 0 aliphatic heterocycles. The van der Waals surface area contributed by atoms with Crippen molar-refractivity contribution >= 4 is 15.7 Å². The van der Waals surface area contributed by atoms with Gasteiger partial charge in [0.1, 0.15) is 0 Å². The lowest BCUT2D eigenvalue weighted by Crippen LogP contribution is -2.30. The second-order valence-corrected chi connectivity index (χ2v) is 7.29. The normalized spacial score (nSPS) is 17.0. The average Bonchev–Trinajstić information content (AvgIpc) is 2.47. The molecule has 0 heterocycles. The quantitative estimate of drug-likeness (QED) is 0.623. The van der Waals surface area contributed by atoms with Gasteiger partial charge in [-0.15, -0.1) is 0 Å². The molecule has 2 rings (SSSR count). The fraction of sp³-hybridized carbons (Fsp3) is 0.600. The summed E-state index contributed by atoms with van der Waals surface area (Å²) in [6.07, 6.45) is 6.15. The van der Waals surface area contributed by atoms with Gasteiger partial charge in [0.05, 0.1) is 17.6 Å². The first kappa shape index (κ1) is 16.3. The van der Waals surface area contributed by atoms with Crippen molar-refractivity contribution in [2.24, 2.45) is 0 Å². The topological polar surface area (TPSA) is 81.4 Å². The van der Waals surface area contributed by atoms with Crippen LogP contribution in [0.3, 0.4) is 0 Å². The number of hydrogen-bond donors (Lipinski definition) is 2. The van der Waals surface area contributed by atoms with Gasteiger partial charge in [-0.2, -0.15) is 0 Å². The molecule has 1 saturated carbocycles. The third-order valence-electron chi connectivity index (χ3n) is 3.80. The Morgan fingerprint density at radius 3 is 2.71 bits per heavy atom. The molecule has 118 valence electrons. The maximum atomic E-state index is 12.2. The Morgan fingerprint density at radius 2 is 2.00 bits per heavy atom. The molecule has 21 heavy (non-hydrogen) atoms. The van der Waals surface area contributed by atoms with Crippen molar-refractivity contribution in [1.82, 2.24) is 4.72 Å². The van der Waals surface area contributed by atoms with Crippen LogP contribution in [0.2, 0.25) is 0 Å². The predicted molar refractivity (Wildman–Crippen MR) is 83.6 cm³/mol. The van der Waals surface area contributed by atoms with Gasteiger partial charge in [-0.05, 0) is 37.5 Å². The van der Waals surface area contributed by atoms with Gasteiger partial charge in [0.25, 0.3) is 0 Å². The van der Waals surface area contributed by atoms with Gasteiger partial charge in [-0.3, -0.25) is 0 Å². The zero-order chi connectivity index (χ0) is 15.3. The molecule has 1 aromatic carbocycles. The van der Waals surface area contributed by atoms with Crippen molar-refractivity contribution < 1.29 is 13.2 Å². The first-order chi connectivity index (χ1) is 9.99. The Hall–Kier alpha value is -1.11. The summed E-state index contributed by atoms with van der Waals surface area (Å²) in [4.78, 5) is 0.236. The highest BCUT2D eigenvalue weighted by molar-refractivity contribution is 7.89. The highest BCUT2D eigenvalue weighted by Gasteiger charge is 2.17. The third-order valence-corrected chi connectivity index (χ3v) is 5.40. The van der Waals surface area contributed by atoms with E-state index in [4.69, 9.17) is 10.5 Å². The molecule has 0 unspecified atom stereocenters. The smallest absolute Gasteiger partial charge is 0.240 e. The SMILES string of the molecule is Cc1ccc(N)cc1S(=O)(=O)NCCOC1CCCCC1. The van der Waals surface area contributed by atoms with Crippen LogP contribution in [0.15, 0.2) is 23.1 Å². The number of anilines is 1. The van der Waals surface area contributed by atoms with E-state index < -0.39 is 10.0 Å². The van der Waals surface area contributed by atoms with E-state index in [0.29, 0.717) is 17.9 Å². The largest absolute Gasteiger partial charge is 0.399 e. The number of benzene rings is 1. The van der Waals surface area contributed by atoms with Crippen molar-refractivity contribution in [3.05, 3.63) is 23.8 Å². The molecule has 1 aliphatic carbocycles. The Kier molecular flexibility index (Phi) is 5.61. The van der Waals surface area contributed by atoms with E-state index in [1.54, 1.807) is 19.1 Å². The summed E-state index contributed by atoms with van der Waals surface area (Å²) in [5.41, 5.74) is 6.79. The Balaban J connectivity index is 1.85. The lowest BCUT2D eigenvalue weighted by molar-refractivity contribution is 0.0321. The number of hydrogen-bond acceptors (Lipinski definition) is 4. The Morgan fingerprint density at radius 1 is 1.29 bits per heavy atom. The maximum absolute atomic E-state index is 12.2. The Labute approximate surface area is 126 Å². The summed E-state index contributed by atoms with van der Waals surface area (Å²) in [6.45, 7) is 2.45. The molecule has 0 saturated heterocycles. The summed E-state index contributed by atoms with van der Waals surface area (Å²) >= 11 is 0. The van der Waals surface area contributed by atoms with Crippen LogP contribution < -0.4 is 10.5 Å². The molecule has 0 bridgehead atoms. The summed E-state index contributed by atoms with van der Waals surface area (Å²) in [7, 11) is -3.53. The number of ether oxygens (including phenoxy) is 1. The fourth-order valence-corrected chi connectivity index (χ4v) is 3.91. The molecular formula is C15H24N2O3S. The molecule has 0 spiro atoms. The van der Waals surface area contributed by atoms with E-state index in [1.165, 1.54) is 25.3 Å². The third kappa shape index (κ3) is 4.69. The van der Waals surface area contributed by atoms with Gasteiger partial charge in [0.2, 0.25) is 10.0 Å². The van der Waals surface area contributed by atoms with Gasteiger partial charge in [-0.1, -0.05) is 25.3 Å². The highest BCUT2D eigenvalue weighted by Crippen LogP contribution is 2.20. The second-order valence-electron chi connectivity index (χ2n) is 5.55. The molecule has 1 aliphatic rings. The zero-order valence-electron chi connectivity index (χ0n) is 12.5. The van der Waals surface area contributed by atoms with Crippen molar-refractivity contribution in [2.75, 3.05) is 18.9 Å². The number of aryl methyl sites for hydroxylation is 1. The van der Waals surface area contributed by atoms with Crippen LogP contribution in [0.4, 0.5) is 5.69 Å². The summed E-state index contributed by atoms with van der Waals surface area (Å²) in [5.74, 6) is 0. The zero-order valence-corrected chi connectivity index (χ0v) is 13.3. The second kappa shape index (κ2) is 7.24. The molecule has 1 fully saturated rings. The van der Waals surface area contributed by atoms with Crippen molar-refractivity contribution in [2.45, 2.75) is 50.0 Å². The minimum absolute atomic E-state index is 0.236. The van der Waals surface area contributed by atoms with Gasteiger partial charge in [0.15, 0.2) is 0 Å². The van der Waals surface area contributed by atoms with Crippen LogP contribution in [0.1, 0.15) is 37.7 Å². The van der Waals surface area contributed by atoms with E-state index >= 15 is 0 Å². The fourth-order valence-electron chi connectivity index (χ4n) is 2.62. The number of nitrogens with two attached hydrogens (primary N) is 1. The molecule has 0 aromatic heterocycles.